The van der Waals surface area contributed by atoms with Crippen molar-refractivity contribution in [3.05, 3.63) is 100 Å². The van der Waals surface area contributed by atoms with Gasteiger partial charge in [-0.1, -0.05) is 46.3 Å². The van der Waals surface area contributed by atoms with Crippen molar-refractivity contribution in [1.82, 2.24) is 0 Å². The van der Waals surface area contributed by atoms with E-state index in [1.165, 1.54) is 12.3 Å². The summed E-state index contributed by atoms with van der Waals surface area (Å²) in [6, 6.07) is 21.5. The average molecular weight is 462 g/mol. The van der Waals surface area contributed by atoms with Crippen LogP contribution >= 0.6 is 15.9 Å². The predicted octanol–water partition coefficient (Wildman–Crippen LogP) is 6.33. The highest BCUT2D eigenvalue weighted by molar-refractivity contribution is 9.10. The number of benzene rings is 3. The van der Waals surface area contributed by atoms with E-state index in [0.29, 0.717) is 29.2 Å². The van der Waals surface area contributed by atoms with Crippen LogP contribution in [0.3, 0.4) is 0 Å². The predicted molar refractivity (Wildman–Crippen MR) is 124 cm³/mol. The second-order valence-corrected chi connectivity index (χ2v) is 7.29. The summed E-state index contributed by atoms with van der Waals surface area (Å²) in [4.78, 5) is 29.0. The summed E-state index contributed by atoms with van der Waals surface area (Å²) in [6.45, 7) is 2.48. The summed E-state index contributed by atoms with van der Waals surface area (Å²) in [7, 11) is 0. The van der Waals surface area contributed by atoms with Crippen LogP contribution in [0.5, 0.6) is 5.75 Å². The minimum absolute atomic E-state index is 0.132. The maximum absolute atomic E-state index is 12.5. The number of ether oxygens (including phenoxy) is 1. The summed E-state index contributed by atoms with van der Waals surface area (Å²) in [5, 5.41) is 0. The Morgan fingerprint density at radius 3 is 2.37 bits per heavy atom. The van der Waals surface area contributed by atoms with Crippen molar-refractivity contribution in [2.75, 3.05) is 6.61 Å². The van der Waals surface area contributed by atoms with Gasteiger partial charge in [-0.2, -0.15) is 0 Å². The van der Waals surface area contributed by atoms with Crippen LogP contribution < -0.4 is 4.74 Å². The van der Waals surface area contributed by atoms with Crippen LogP contribution in [0.2, 0.25) is 0 Å². The van der Waals surface area contributed by atoms with Crippen molar-refractivity contribution in [3.8, 4) is 5.75 Å². The molecule has 150 valence electrons. The fourth-order valence-electron chi connectivity index (χ4n) is 2.67. The molecule has 5 heteroatoms. The molecule has 0 spiro atoms. The highest BCUT2D eigenvalue weighted by Gasteiger charge is 2.05. The van der Waals surface area contributed by atoms with Crippen molar-refractivity contribution in [2.45, 2.75) is 6.92 Å². The van der Waals surface area contributed by atoms with Crippen molar-refractivity contribution < 1.29 is 14.3 Å². The molecule has 0 aliphatic heterocycles. The molecule has 0 bridgehead atoms. The van der Waals surface area contributed by atoms with Gasteiger partial charge in [0.05, 0.1) is 18.5 Å². The van der Waals surface area contributed by atoms with E-state index in [2.05, 4.69) is 20.9 Å². The molecular weight excluding hydrogens is 442 g/mol. The number of allylic oxidation sites excluding steroid dienone is 1. The van der Waals surface area contributed by atoms with E-state index in [1.807, 2.05) is 31.2 Å². The third-order valence-electron chi connectivity index (χ3n) is 4.21. The monoisotopic (exact) mass is 461 g/mol. The Labute approximate surface area is 184 Å². The van der Waals surface area contributed by atoms with Gasteiger partial charge in [-0.05, 0) is 67.1 Å². The molecule has 0 aromatic heterocycles. The van der Waals surface area contributed by atoms with Gasteiger partial charge in [-0.25, -0.2) is 0 Å². The molecule has 0 saturated heterocycles. The molecule has 30 heavy (non-hydrogen) atoms. The molecule has 4 nitrogen and oxygen atoms in total. The first-order valence-electron chi connectivity index (χ1n) is 9.44. The van der Waals surface area contributed by atoms with Crippen molar-refractivity contribution >= 4 is 45.5 Å². The molecule has 3 aromatic carbocycles. The number of hydrogen-bond donors (Lipinski definition) is 0. The normalized spacial score (nSPS) is 11.1. The van der Waals surface area contributed by atoms with Crippen LogP contribution in [0, 0.1) is 0 Å². The molecule has 0 aliphatic carbocycles. The number of hydrogen-bond acceptors (Lipinski definition) is 4. The zero-order valence-corrected chi connectivity index (χ0v) is 18.0. The third-order valence-corrected chi connectivity index (χ3v) is 4.74. The molecule has 0 heterocycles. The molecule has 0 unspecified atom stereocenters. The number of carbonyl (C=O) groups is 2. The summed E-state index contributed by atoms with van der Waals surface area (Å²) in [5.41, 5.74) is 2.50. The summed E-state index contributed by atoms with van der Waals surface area (Å²) < 4.78 is 6.36. The van der Waals surface area contributed by atoms with Crippen molar-refractivity contribution in [1.29, 1.82) is 0 Å². The summed E-state index contributed by atoms with van der Waals surface area (Å²) >= 11 is 3.39. The number of aliphatic imine (C=N–C) groups is 1. The molecular formula is C25H20BrNO3. The van der Waals surface area contributed by atoms with Crippen LogP contribution in [-0.2, 0) is 0 Å². The first kappa shape index (κ1) is 21.4. The molecule has 0 aliphatic rings. The van der Waals surface area contributed by atoms with Gasteiger partial charge in [-0.15, -0.1) is 0 Å². The maximum atomic E-state index is 12.5. The number of ketones is 2. The van der Waals surface area contributed by atoms with Crippen molar-refractivity contribution in [3.63, 3.8) is 0 Å². The van der Waals surface area contributed by atoms with E-state index in [4.69, 9.17) is 4.74 Å². The number of nitrogens with zero attached hydrogens (tertiary/aromatic N) is 1. The van der Waals surface area contributed by atoms with Crippen molar-refractivity contribution in [2.24, 2.45) is 4.99 Å². The van der Waals surface area contributed by atoms with Gasteiger partial charge in [0.15, 0.2) is 5.78 Å². The molecule has 0 atom stereocenters. The Hall–Kier alpha value is -3.31. The largest absolute Gasteiger partial charge is 0.494 e. The van der Waals surface area contributed by atoms with Gasteiger partial charge >= 0.3 is 0 Å². The highest BCUT2D eigenvalue weighted by Crippen LogP contribution is 2.17. The van der Waals surface area contributed by atoms with Crippen LogP contribution in [0.25, 0.3) is 6.08 Å². The molecule has 0 radical (unpaired) electrons. The van der Waals surface area contributed by atoms with Gasteiger partial charge in [0, 0.05) is 15.6 Å². The van der Waals surface area contributed by atoms with Gasteiger partial charge in [0.1, 0.15) is 5.75 Å². The molecule has 0 saturated carbocycles. The topological polar surface area (TPSA) is 55.7 Å². The number of carbonyl (C=O) groups excluding carboxylic acids is 2. The van der Waals surface area contributed by atoms with E-state index in [-0.39, 0.29) is 11.6 Å². The first-order chi connectivity index (χ1) is 14.5. The van der Waals surface area contributed by atoms with Gasteiger partial charge < -0.3 is 4.74 Å². The van der Waals surface area contributed by atoms with Crippen LogP contribution in [0.4, 0.5) is 5.69 Å². The highest BCUT2D eigenvalue weighted by atomic mass is 79.9. The zero-order chi connectivity index (χ0) is 21.3. The Kier molecular flexibility index (Phi) is 7.46. The molecule has 0 N–H and O–H groups in total. The molecule has 3 aromatic rings. The lowest BCUT2D eigenvalue weighted by Crippen LogP contribution is -2.00. The summed E-state index contributed by atoms with van der Waals surface area (Å²) in [5.74, 6) is 0.367. The zero-order valence-electron chi connectivity index (χ0n) is 16.4. The summed E-state index contributed by atoms with van der Waals surface area (Å²) in [6.07, 6.45) is 4.55. The van der Waals surface area contributed by atoms with Gasteiger partial charge in [0.2, 0.25) is 5.78 Å². The minimum Gasteiger partial charge on any atom is -0.494 e. The lowest BCUT2D eigenvalue weighted by Gasteiger charge is -2.02. The van der Waals surface area contributed by atoms with E-state index < -0.39 is 0 Å². The van der Waals surface area contributed by atoms with Crippen LogP contribution in [0.15, 0.2) is 88.3 Å². The number of rotatable bonds is 8. The smallest absolute Gasteiger partial charge is 0.204 e. The van der Waals surface area contributed by atoms with E-state index in [0.717, 1.165) is 10.0 Å². The van der Waals surface area contributed by atoms with Crippen LogP contribution in [-0.4, -0.2) is 24.4 Å². The first-order valence-corrected chi connectivity index (χ1v) is 10.2. The second kappa shape index (κ2) is 10.5. The van der Waals surface area contributed by atoms with Crippen LogP contribution in [0.1, 0.15) is 33.2 Å². The Bertz CT molecular complexity index is 1080. The van der Waals surface area contributed by atoms with E-state index in [9.17, 15) is 9.59 Å². The lowest BCUT2D eigenvalue weighted by atomic mass is 10.1. The second-order valence-electron chi connectivity index (χ2n) is 6.38. The molecule has 0 amide bonds. The fraction of sp³-hybridized carbons (Fsp3) is 0.0800. The lowest BCUT2D eigenvalue weighted by molar-refractivity contribution is 0.104. The Morgan fingerprint density at radius 2 is 1.67 bits per heavy atom. The minimum atomic E-state index is -0.218. The molecule has 0 fully saturated rings. The maximum Gasteiger partial charge on any atom is 0.204 e. The third kappa shape index (κ3) is 6.09. The average Bonchev–Trinajstić information content (AvgIpc) is 2.78. The Balaban J connectivity index is 1.67. The standard InChI is InChI=1S/C25H20BrNO3/c1-2-30-23-13-9-19(10-14-23)25(29)17-27-22-5-3-4-20(16-22)24(28)15-8-18-6-11-21(26)12-7-18/h3-17H,2H2,1H3/b15-8+,27-17?. The van der Waals surface area contributed by atoms with Gasteiger partial charge in [0.25, 0.3) is 0 Å². The van der Waals surface area contributed by atoms with Gasteiger partial charge in [-0.3, -0.25) is 14.6 Å². The van der Waals surface area contributed by atoms with E-state index in [1.54, 1.807) is 54.6 Å². The SMILES string of the molecule is CCOc1ccc(C(=O)C=Nc2cccc(C(=O)/C=C/c3ccc(Br)cc3)c2)cc1. The fourth-order valence-corrected chi connectivity index (χ4v) is 2.94. The quantitative estimate of drug-likeness (QED) is 0.223. The Morgan fingerprint density at radius 1 is 0.933 bits per heavy atom. The van der Waals surface area contributed by atoms with E-state index >= 15 is 0 Å². The number of Topliss-reactive ketones (excluding diaryl/α,β-unsaturated/α-hetero) is 1. The molecule has 3 rings (SSSR count). The number of halogens is 1.